The van der Waals surface area contributed by atoms with Gasteiger partial charge in [0.05, 0.1) is 6.54 Å². The van der Waals surface area contributed by atoms with Crippen LogP contribution in [0.3, 0.4) is 0 Å². The van der Waals surface area contributed by atoms with Crippen LogP contribution in [-0.4, -0.2) is 16.6 Å². The monoisotopic (exact) mass is 268 g/mol. The van der Waals surface area contributed by atoms with Crippen molar-refractivity contribution in [2.24, 2.45) is 5.92 Å². The van der Waals surface area contributed by atoms with E-state index in [1.807, 2.05) is 13.0 Å². The Labute approximate surface area is 119 Å². The van der Waals surface area contributed by atoms with Crippen LogP contribution in [0, 0.1) is 12.8 Å². The molecule has 3 heteroatoms. The lowest BCUT2D eigenvalue weighted by Crippen LogP contribution is -2.34. The van der Waals surface area contributed by atoms with Crippen molar-refractivity contribution in [1.82, 2.24) is 4.98 Å². The maximum Gasteiger partial charge on any atom is 0.138 e. The number of rotatable bonds is 2. The smallest absolute Gasteiger partial charge is 0.138 e. The zero-order chi connectivity index (χ0) is 14.1. The Kier molecular flexibility index (Phi) is 3.35. The van der Waals surface area contributed by atoms with Gasteiger partial charge in [-0.3, -0.25) is 4.98 Å². The van der Waals surface area contributed by atoms with Gasteiger partial charge in [0.2, 0.25) is 0 Å². The standard InChI is InChI=1S/C17H20N2O/c1-12-9-14-5-3-4-6-16(14)19(10-12)11-15-17(20)8-7-13(2)18-15/h3-8,12,20H,9-11H2,1-2H3. The van der Waals surface area contributed by atoms with E-state index < -0.39 is 0 Å². The minimum Gasteiger partial charge on any atom is -0.506 e. The van der Waals surface area contributed by atoms with Gasteiger partial charge < -0.3 is 10.0 Å². The molecule has 2 heterocycles. The van der Waals surface area contributed by atoms with Crippen molar-refractivity contribution < 1.29 is 5.11 Å². The Morgan fingerprint density at radius 2 is 2.05 bits per heavy atom. The van der Waals surface area contributed by atoms with Gasteiger partial charge in [-0.05, 0) is 43.0 Å². The van der Waals surface area contributed by atoms with Crippen LogP contribution in [0.4, 0.5) is 5.69 Å². The summed E-state index contributed by atoms with van der Waals surface area (Å²) in [6.07, 6.45) is 1.12. The normalized spacial score (nSPS) is 17.9. The van der Waals surface area contributed by atoms with Crippen LogP contribution < -0.4 is 4.90 Å². The van der Waals surface area contributed by atoms with Crippen molar-refractivity contribution in [2.45, 2.75) is 26.8 Å². The third kappa shape index (κ3) is 2.48. The lowest BCUT2D eigenvalue weighted by atomic mass is 9.94. The van der Waals surface area contributed by atoms with Gasteiger partial charge in [-0.1, -0.05) is 25.1 Å². The van der Waals surface area contributed by atoms with Gasteiger partial charge in [-0.2, -0.15) is 0 Å². The quantitative estimate of drug-likeness (QED) is 0.908. The highest BCUT2D eigenvalue weighted by Crippen LogP contribution is 2.31. The summed E-state index contributed by atoms with van der Waals surface area (Å²) in [6.45, 7) is 5.89. The molecule has 104 valence electrons. The van der Waals surface area contributed by atoms with Crippen molar-refractivity contribution >= 4 is 5.69 Å². The first-order valence-electron chi connectivity index (χ1n) is 7.12. The molecule has 2 aromatic rings. The second-order valence-electron chi connectivity index (χ2n) is 5.74. The van der Waals surface area contributed by atoms with Gasteiger partial charge in [0.1, 0.15) is 11.4 Å². The molecule has 1 aromatic carbocycles. The molecule has 0 spiro atoms. The third-order valence-electron chi connectivity index (χ3n) is 3.86. The predicted octanol–water partition coefficient (Wildman–Crippen LogP) is 3.29. The summed E-state index contributed by atoms with van der Waals surface area (Å²) in [5.41, 5.74) is 4.36. The molecular weight excluding hydrogens is 248 g/mol. The van der Waals surface area contributed by atoms with Crippen LogP contribution in [0.5, 0.6) is 5.75 Å². The molecule has 1 N–H and O–H groups in total. The molecule has 0 amide bonds. The van der Waals surface area contributed by atoms with Crippen LogP contribution in [0.15, 0.2) is 36.4 Å². The average Bonchev–Trinajstić information content (AvgIpc) is 2.43. The molecule has 0 bridgehead atoms. The van der Waals surface area contributed by atoms with E-state index >= 15 is 0 Å². The fraction of sp³-hybridized carbons (Fsp3) is 0.353. The lowest BCUT2D eigenvalue weighted by molar-refractivity contribution is 0.458. The van der Waals surface area contributed by atoms with Crippen LogP contribution in [0.1, 0.15) is 23.9 Å². The maximum absolute atomic E-state index is 9.99. The molecule has 1 unspecified atom stereocenters. The van der Waals surface area contributed by atoms with Crippen LogP contribution in [-0.2, 0) is 13.0 Å². The van der Waals surface area contributed by atoms with Gasteiger partial charge in [0.15, 0.2) is 0 Å². The first-order chi connectivity index (χ1) is 9.63. The van der Waals surface area contributed by atoms with Crippen molar-refractivity contribution in [3.63, 3.8) is 0 Å². The average molecular weight is 268 g/mol. The van der Waals surface area contributed by atoms with E-state index in [9.17, 15) is 5.11 Å². The summed E-state index contributed by atoms with van der Waals surface area (Å²) >= 11 is 0. The minimum absolute atomic E-state index is 0.284. The van der Waals surface area contributed by atoms with E-state index in [0.29, 0.717) is 12.5 Å². The molecule has 0 aliphatic carbocycles. The number of hydrogen-bond acceptors (Lipinski definition) is 3. The molecule has 1 aliphatic heterocycles. The summed E-state index contributed by atoms with van der Waals surface area (Å²) in [5.74, 6) is 0.906. The number of anilines is 1. The van der Waals surface area contributed by atoms with Gasteiger partial charge in [0.25, 0.3) is 0 Å². The molecule has 0 saturated heterocycles. The van der Waals surface area contributed by atoms with Gasteiger partial charge in [-0.15, -0.1) is 0 Å². The number of aromatic hydroxyl groups is 1. The Morgan fingerprint density at radius 3 is 2.90 bits per heavy atom. The molecular formula is C17H20N2O. The second kappa shape index (κ2) is 5.16. The van der Waals surface area contributed by atoms with Crippen LogP contribution in [0.25, 0.3) is 0 Å². The Hall–Kier alpha value is -2.03. The highest BCUT2D eigenvalue weighted by molar-refractivity contribution is 5.56. The summed E-state index contributed by atoms with van der Waals surface area (Å²) < 4.78 is 0. The molecule has 0 radical (unpaired) electrons. The number of fused-ring (bicyclic) bond motifs is 1. The number of nitrogens with zero attached hydrogens (tertiary/aromatic N) is 2. The fourth-order valence-electron chi connectivity index (χ4n) is 2.96. The van der Waals surface area contributed by atoms with E-state index in [4.69, 9.17) is 0 Å². The van der Waals surface area contributed by atoms with Gasteiger partial charge in [-0.25, -0.2) is 0 Å². The number of hydrogen-bond donors (Lipinski definition) is 1. The summed E-state index contributed by atoms with van der Waals surface area (Å²) in [4.78, 5) is 6.80. The molecule has 3 nitrogen and oxygen atoms in total. The van der Waals surface area contributed by atoms with E-state index in [1.165, 1.54) is 11.3 Å². The third-order valence-corrected chi connectivity index (χ3v) is 3.86. The minimum atomic E-state index is 0.284. The number of aromatic nitrogens is 1. The van der Waals surface area contributed by atoms with E-state index in [0.717, 1.165) is 24.4 Å². The second-order valence-corrected chi connectivity index (χ2v) is 5.74. The summed E-state index contributed by atoms with van der Waals surface area (Å²) in [7, 11) is 0. The van der Waals surface area contributed by atoms with Gasteiger partial charge in [0, 0.05) is 17.9 Å². The van der Waals surface area contributed by atoms with E-state index in [1.54, 1.807) is 6.07 Å². The maximum atomic E-state index is 9.99. The Bertz CT molecular complexity index is 624. The van der Waals surface area contributed by atoms with E-state index in [-0.39, 0.29) is 5.75 Å². The molecule has 0 saturated carbocycles. The summed E-state index contributed by atoms with van der Waals surface area (Å²) in [6, 6.07) is 12.1. The van der Waals surface area contributed by atoms with E-state index in [2.05, 4.69) is 41.1 Å². The number of pyridine rings is 1. The zero-order valence-corrected chi connectivity index (χ0v) is 12.0. The Morgan fingerprint density at radius 1 is 1.25 bits per heavy atom. The van der Waals surface area contributed by atoms with Gasteiger partial charge >= 0.3 is 0 Å². The SMILES string of the molecule is Cc1ccc(O)c(CN2CC(C)Cc3ccccc32)n1. The number of aryl methyl sites for hydroxylation is 1. The zero-order valence-electron chi connectivity index (χ0n) is 12.0. The molecule has 1 aliphatic rings. The Balaban J connectivity index is 1.93. The molecule has 3 rings (SSSR count). The molecule has 0 fully saturated rings. The highest BCUT2D eigenvalue weighted by atomic mass is 16.3. The highest BCUT2D eigenvalue weighted by Gasteiger charge is 2.22. The first kappa shape index (κ1) is 13.0. The first-order valence-corrected chi connectivity index (χ1v) is 7.12. The lowest BCUT2D eigenvalue weighted by Gasteiger charge is -2.34. The predicted molar refractivity (Wildman–Crippen MR) is 81.0 cm³/mol. The van der Waals surface area contributed by atoms with Crippen LogP contribution in [0.2, 0.25) is 0 Å². The van der Waals surface area contributed by atoms with Crippen molar-refractivity contribution in [3.05, 3.63) is 53.3 Å². The largest absolute Gasteiger partial charge is 0.506 e. The fourth-order valence-corrected chi connectivity index (χ4v) is 2.96. The molecule has 20 heavy (non-hydrogen) atoms. The number of para-hydroxylation sites is 1. The summed E-state index contributed by atoms with van der Waals surface area (Å²) in [5, 5.41) is 9.99. The topological polar surface area (TPSA) is 36.4 Å². The molecule has 1 aromatic heterocycles. The van der Waals surface area contributed by atoms with Crippen molar-refractivity contribution in [2.75, 3.05) is 11.4 Å². The van der Waals surface area contributed by atoms with Crippen LogP contribution >= 0.6 is 0 Å². The van der Waals surface area contributed by atoms with Crippen molar-refractivity contribution in [1.29, 1.82) is 0 Å². The number of benzene rings is 1. The van der Waals surface area contributed by atoms with Crippen molar-refractivity contribution in [3.8, 4) is 5.75 Å². The molecule has 1 atom stereocenters.